The smallest absolute Gasteiger partial charge is 0.408 e. The third-order valence-corrected chi connectivity index (χ3v) is 5.88. The quantitative estimate of drug-likeness (QED) is 0.254. The largest absolute Gasteiger partial charge is 0.508 e. The van der Waals surface area contributed by atoms with Gasteiger partial charge in [-0.25, -0.2) is 4.79 Å². The number of aliphatic hydroxyl groups is 1. The highest BCUT2D eigenvalue weighted by molar-refractivity contribution is 5.92. The lowest BCUT2D eigenvalue weighted by molar-refractivity contribution is -0.143. The number of unbranched alkanes of at least 4 members (excludes halogenated alkanes) is 5. The van der Waals surface area contributed by atoms with Crippen LogP contribution in [0.5, 0.6) is 5.75 Å². The van der Waals surface area contributed by atoms with Crippen molar-refractivity contribution in [1.82, 2.24) is 15.5 Å². The van der Waals surface area contributed by atoms with Gasteiger partial charge in [0.15, 0.2) is 0 Å². The molecule has 0 saturated carbocycles. The Morgan fingerprint density at radius 2 is 1.68 bits per heavy atom. The highest BCUT2D eigenvalue weighted by atomic mass is 16.6. The summed E-state index contributed by atoms with van der Waals surface area (Å²) in [6.45, 7) is 11.0. The Balaban J connectivity index is 3.37. The van der Waals surface area contributed by atoms with Gasteiger partial charge in [0.25, 0.3) is 0 Å². The van der Waals surface area contributed by atoms with Gasteiger partial charge in [-0.2, -0.15) is 0 Å². The fourth-order valence-electron chi connectivity index (χ4n) is 3.89. The highest BCUT2D eigenvalue weighted by Crippen LogP contribution is 2.27. The number of phenols is 1. The molecule has 210 valence electrons. The van der Waals surface area contributed by atoms with E-state index >= 15 is 0 Å². The van der Waals surface area contributed by atoms with Gasteiger partial charge < -0.3 is 30.5 Å². The topological polar surface area (TPSA) is 128 Å². The number of amides is 3. The number of hydrogen-bond acceptors (Lipinski definition) is 6. The number of aromatic hydroxyl groups is 1. The van der Waals surface area contributed by atoms with Gasteiger partial charge in [0, 0.05) is 13.1 Å². The molecule has 1 aromatic carbocycles. The highest BCUT2D eigenvalue weighted by Gasteiger charge is 2.36. The number of aliphatic hydroxyl groups excluding tert-OH is 1. The van der Waals surface area contributed by atoms with Crippen molar-refractivity contribution in [2.45, 2.75) is 104 Å². The molecule has 0 bridgehead atoms. The second kappa shape index (κ2) is 16.1. The molecular weight excluding hydrogens is 474 g/mol. The molecule has 0 aliphatic heterocycles. The third-order valence-electron chi connectivity index (χ3n) is 5.88. The second-order valence-corrected chi connectivity index (χ2v) is 10.4. The molecule has 4 N–H and O–H groups in total. The van der Waals surface area contributed by atoms with E-state index in [1.165, 1.54) is 11.0 Å². The predicted octanol–water partition coefficient (Wildman–Crippen LogP) is 4.34. The number of alkyl carbamates (subject to hydrolysis) is 1. The van der Waals surface area contributed by atoms with Crippen molar-refractivity contribution >= 4 is 17.9 Å². The van der Waals surface area contributed by atoms with Gasteiger partial charge in [-0.1, -0.05) is 52.0 Å². The Morgan fingerprint density at radius 3 is 2.24 bits per heavy atom. The summed E-state index contributed by atoms with van der Waals surface area (Å²) in [5.74, 6) is -0.842. The molecule has 0 spiro atoms. The molecule has 37 heavy (non-hydrogen) atoms. The number of ether oxygens (including phenoxy) is 1. The van der Waals surface area contributed by atoms with Crippen molar-refractivity contribution in [1.29, 1.82) is 0 Å². The van der Waals surface area contributed by atoms with E-state index in [-0.39, 0.29) is 18.2 Å². The van der Waals surface area contributed by atoms with Crippen molar-refractivity contribution in [3.8, 4) is 5.75 Å². The zero-order chi connectivity index (χ0) is 28.0. The lowest BCUT2D eigenvalue weighted by atomic mass is 9.99. The average Bonchev–Trinajstić information content (AvgIpc) is 2.82. The summed E-state index contributed by atoms with van der Waals surface area (Å²) in [6, 6.07) is 2.54. The number of nitrogens with zero attached hydrogens (tertiary/aromatic N) is 1. The second-order valence-electron chi connectivity index (χ2n) is 10.4. The SMILES string of the molecule is CCCCCCCN(C(=O)C(CO)NC(=O)OC(C)(C)C)C(C(=O)NCCCC)c1ccc(O)c(C)c1. The summed E-state index contributed by atoms with van der Waals surface area (Å²) in [5, 5.41) is 25.5. The van der Waals surface area contributed by atoms with Gasteiger partial charge in [-0.05, 0) is 63.8 Å². The van der Waals surface area contributed by atoms with E-state index in [0.29, 0.717) is 24.1 Å². The predicted molar refractivity (Wildman–Crippen MR) is 144 cm³/mol. The first kappa shape index (κ1) is 32.2. The Kier molecular flexibility index (Phi) is 14.0. The normalized spacial score (nSPS) is 12.9. The van der Waals surface area contributed by atoms with Gasteiger partial charge in [0.05, 0.1) is 6.61 Å². The van der Waals surface area contributed by atoms with Crippen molar-refractivity contribution in [3.05, 3.63) is 29.3 Å². The van der Waals surface area contributed by atoms with Gasteiger partial charge >= 0.3 is 6.09 Å². The minimum atomic E-state index is -1.28. The zero-order valence-electron chi connectivity index (χ0n) is 23.4. The minimum absolute atomic E-state index is 0.0890. The molecule has 0 aromatic heterocycles. The molecule has 0 aliphatic rings. The fraction of sp³-hybridized carbons (Fsp3) is 0.679. The number of rotatable bonds is 15. The molecular formula is C28H47N3O6. The number of aryl methyl sites for hydroxylation is 1. The minimum Gasteiger partial charge on any atom is -0.508 e. The van der Waals surface area contributed by atoms with Crippen molar-refractivity contribution in [2.75, 3.05) is 19.7 Å². The summed E-state index contributed by atoms with van der Waals surface area (Å²) in [6.07, 6.45) is 5.55. The van der Waals surface area contributed by atoms with Gasteiger partial charge in [0.1, 0.15) is 23.4 Å². The van der Waals surface area contributed by atoms with Crippen molar-refractivity contribution in [3.63, 3.8) is 0 Å². The number of carbonyl (C=O) groups excluding carboxylic acids is 3. The summed E-state index contributed by atoms with van der Waals surface area (Å²) >= 11 is 0. The molecule has 2 atom stereocenters. The Hall–Kier alpha value is -2.81. The molecule has 0 radical (unpaired) electrons. The maximum atomic E-state index is 13.8. The number of hydrogen-bond donors (Lipinski definition) is 4. The molecule has 1 aromatic rings. The van der Waals surface area contributed by atoms with Crippen LogP contribution in [0.3, 0.4) is 0 Å². The van der Waals surface area contributed by atoms with Crippen LogP contribution in [0.15, 0.2) is 18.2 Å². The van der Waals surface area contributed by atoms with Crippen molar-refractivity contribution in [2.24, 2.45) is 0 Å². The molecule has 0 aliphatic carbocycles. The number of phenolic OH excluding ortho intramolecular Hbond substituents is 1. The fourth-order valence-corrected chi connectivity index (χ4v) is 3.89. The first-order valence-corrected chi connectivity index (χ1v) is 13.4. The average molecular weight is 522 g/mol. The van der Waals surface area contributed by atoms with E-state index in [1.807, 2.05) is 6.92 Å². The lowest BCUT2D eigenvalue weighted by Gasteiger charge is -2.34. The van der Waals surface area contributed by atoms with Crippen LogP contribution >= 0.6 is 0 Å². The zero-order valence-corrected chi connectivity index (χ0v) is 23.4. The van der Waals surface area contributed by atoms with E-state index < -0.39 is 36.3 Å². The van der Waals surface area contributed by atoms with E-state index in [9.17, 15) is 24.6 Å². The van der Waals surface area contributed by atoms with Crippen LogP contribution in [-0.2, 0) is 14.3 Å². The molecule has 0 saturated heterocycles. The Morgan fingerprint density at radius 1 is 1.03 bits per heavy atom. The molecule has 0 fully saturated rings. The maximum absolute atomic E-state index is 13.8. The summed E-state index contributed by atoms with van der Waals surface area (Å²) in [7, 11) is 0. The standard InChI is InChI=1S/C28H47N3O6/c1-7-9-11-12-13-17-31(26(35)22(19-32)30-27(36)37-28(4,5)6)24(25(34)29-16-10-8-2)21-14-15-23(33)20(3)18-21/h14-15,18,22,24,32-33H,7-13,16-17,19H2,1-6H3,(H,29,34)(H,30,36). The summed E-state index contributed by atoms with van der Waals surface area (Å²) < 4.78 is 5.27. The molecule has 0 heterocycles. The summed E-state index contributed by atoms with van der Waals surface area (Å²) in [5.41, 5.74) is 0.335. The van der Waals surface area contributed by atoms with E-state index in [4.69, 9.17) is 4.74 Å². The first-order chi connectivity index (χ1) is 17.4. The van der Waals surface area contributed by atoms with Crippen LogP contribution < -0.4 is 10.6 Å². The van der Waals surface area contributed by atoms with Crippen LogP contribution in [0.1, 0.15) is 96.7 Å². The van der Waals surface area contributed by atoms with Crippen LogP contribution in [0.2, 0.25) is 0 Å². The van der Waals surface area contributed by atoms with Gasteiger partial charge in [0.2, 0.25) is 11.8 Å². The monoisotopic (exact) mass is 521 g/mol. The van der Waals surface area contributed by atoms with Gasteiger partial charge in [-0.15, -0.1) is 0 Å². The first-order valence-electron chi connectivity index (χ1n) is 13.4. The van der Waals surface area contributed by atoms with Crippen LogP contribution in [0.4, 0.5) is 4.79 Å². The van der Waals surface area contributed by atoms with Crippen LogP contribution in [-0.4, -0.2) is 64.4 Å². The molecule has 9 nitrogen and oxygen atoms in total. The van der Waals surface area contributed by atoms with E-state index in [1.54, 1.807) is 39.8 Å². The Bertz CT molecular complexity index is 868. The van der Waals surface area contributed by atoms with E-state index in [0.717, 1.165) is 38.5 Å². The van der Waals surface area contributed by atoms with Gasteiger partial charge in [-0.3, -0.25) is 9.59 Å². The molecule has 9 heteroatoms. The molecule has 2 unspecified atom stereocenters. The maximum Gasteiger partial charge on any atom is 0.408 e. The third kappa shape index (κ3) is 11.4. The van der Waals surface area contributed by atoms with Crippen molar-refractivity contribution < 1.29 is 29.3 Å². The van der Waals surface area contributed by atoms with E-state index in [2.05, 4.69) is 17.6 Å². The summed E-state index contributed by atoms with van der Waals surface area (Å²) in [4.78, 5) is 41.1. The number of nitrogens with one attached hydrogen (secondary N) is 2. The molecule has 1 rings (SSSR count). The number of carbonyl (C=O) groups is 3. The Labute approximate surface area is 222 Å². The number of benzene rings is 1. The lowest BCUT2D eigenvalue weighted by Crippen LogP contribution is -2.54. The molecule has 3 amide bonds. The van der Waals surface area contributed by atoms with Crippen LogP contribution in [0.25, 0.3) is 0 Å². The van der Waals surface area contributed by atoms with Crippen LogP contribution in [0, 0.1) is 6.92 Å².